The summed E-state index contributed by atoms with van der Waals surface area (Å²) in [6, 6.07) is 0. The van der Waals surface area contributed by atoms with Crippen molar-refractivity contribution >= 4 is 5.97 Å². The minimum atomic E-state index is -0.0964. The third-order valence-corrected chi connectivity index (χ3v) is 3.62. The molecule has 0 aliphatic carbocycles. The molecule has 1 fully saturated rings. The van der Waals surface area contributed by atoms with Gasteiger partial charge >= 0.3 is 5.97 Å². The van der Waals surface area contributed by atoms with Crippen LogP contribution in [0.25, 0.3) is 0 Å². The van der Waals surface area contributed by atoms with Gasteiger partial charge in [-0.1, -0.05) is 0 Å². The van der Waals surface area contributed by atoms with Gasteiger partial charge in [-0.05, 0) is 33.2 Å². The molecule has 0 N–H and O–H groups in total. The van der Waals surface area contributed by atoms with Gasteiger partial charge in [0.25, 0.3) is 0 Å². The van der Waals surface area contributed by atoms with E-state index in [1.807, 2.05) is 0 Å². The lowest BCUT2D eigenvalue weighted by Gasteiger charge is -2.34. The van der Waals surface area contributed by atoms with Crippen LogP contribution in [0.15, 0.2) is 0 Å². The van der Waals surface area contributed by atoms with Crippen LogP contribution in [0.2, 0.25) is 0 Å². The molecule has 1 aliphatic rings. The molecule has 1 saturated heterocycles. The fourth-order valence-electron chi connectivity index (χ4n) is 2.49. The Hall–Kier alpha value is -0.610. The molecule has 0 amide bonds. The van der Waals surface area contributed by atoms with Crippen molar-refractivity contribution < 1.29 is 14.3 Å². The number of carbonyl (C=O) groups is 1. The third-order valence-electron chi connectivity index (χ3n) is 3.62. The van der Waals surface area contributed by atoms with Gasteiger partial charge in [-0.25, -0.2) is 0 Å². The normalized spacial score (nSPS) is 24.6. The lowest BCUT2D eigenvalue weighted by molar-refractivity contribution is -0.148. The van der Waals surface area contributed by atoms with Crippen molar-refractivity contribution in [3.05, 3.63) is 0 Å². The zero-order valence-electron chi connectivity index (χ0n) is 10.8. The number of ether oxygens (including phenoxy) is 2. The minimum Gasteiger partial charge on any atom is -0.469 e. The topological polar surface area (TPSA) is 38.8 Å². The first kappa shape index (κ1) is 13.5. The molecule has 4 heteroatoms. The van der Waals surface area contributed by atoms with Gasteiger partial charge in [-0.15, -0.1) is 0 Å². The number of esters is 1. The minimum absolute atomic E-state index is 0.0000416. The van der Waals surface area contributed by atoms with Gasteiger partial charge in [0.05, 0.1) is 13.0 Å². The molecule has 16 heavy (non-hydrogen) atoms. The number of nitrogens with zero attached hydrogens (tertiary/aromatic N) is 1. The molecule has 0 saturated carbocycles. The zero-order chi connectivity index (χ0) is 12.2. The van der Waals surface area contributed by atoms with Crippen molar-refractivity contribution in [2.75, 3.05) is 33.9 Å². The summed E-state index contributed by atoms with van der Waals surface area (Å²) in [5, 5.41) is 0. The summed E-state index contributed by atoms with van der Waals surface area (Å²) in [4.78, 5) is 14.0. The number of likely N-dealkylation sites (tertiary alicyclic amines) is 1. The van der Waals surface area contributed by atoms with Crippen molar-refractivity contribution in [3.8, 4) is 0 Å². The molecule has 1 heterocycles. The first-order valence-corrected chi connectivity index (χ1v) is 5.86. The highest BCUT2D eigenvalue weighted by molar-refractivity contribution is 5.74. The number of hydrogen-bond acceptors (Lipinski definition) is 4. The van der Waals surface area contributed by atoms with Crippen LogP contribution in [-0.2, 0) is 14.3 Å². The molecule has 0 spiro atoms. The predicted molar refractivity (Wildman–Crippen MR) is 62.3 cm³/mol. The first-order valence-electron chi connectivity index (χ1n) is 5.86. The van der Waals surface area contributed by atoms with E-state index in [9.17, 15) is 4.79 Å². The summed E-state index contributed by atoms with van der Waals surface area (Å²) in [7, 11) is 3.18. The monoisotopic (exact) mass is 229 g/mol. The fraction of sp³-hybridized carbons (Fsp3) is 0.917. The standard InChI is InChI=1S/C12H23NO3/c1-12(2)10(11(14)16-4)6-8-13(12)7-5-9-15-3/h10H,5-9H2,1-4H3. The largest absolute Gasteiger partial charge is 0.469 e. The van der Waals surface area contributed by atoms with Crippen molar-refractivity contribution in [2.24, 2.45) is 5.92 Å². The Morgan fingerprint density at radius 3 is 2.69 bits per heavy atom. The molecule has 0 aromatic rings. The van der Waals surface area contributed by atoms with Crippen LogP contribution in [0.5, 0.6) is 0 Å². The van der Waals surface area contributed by atoms with Gasteiger partial charge in [-0.3, -0.25) is 9.69 Å². The molecule has 0 bridgehead atoms. The highest BCUT2D eigenvalue weighted by atomic mass is 16.5. The van der Waals surface area contributed by atoms with Crippen LogP contribution in [0, 0.1) is 5.92 Å². The molecule has 1 atom stereocenters. The molecule has 1 unspecified atom stereocenters. The molecule has 0 radical (unpaired) electrons. The van der Waals surface area contributed by atoms with Crippen LogP contribution in [0.4, 0.5) is 0 Å². The summed E-state index contributed by atoms with van der Waals surface area (Å²) in [6.07, 6.45) is 1.90. The average molecular weight is 229 g/mol. The molecule has 1 rings (SSSR count). The Labute approximate surface area is 97.9 Å². The Bertz CT molecular complexity index is 240. The van der Waals surface area contributed by atoms with Gasteiger partial charge in [0, 0.05) is 25.8 Å². The Kier molecular flexibility index (Phi) is 4.74. The highest BCUT2D eigenvalue weighted by Gasteiger charge is 2.45. The predicted octanol–water partition coefficient (Wildman–Crippen LogP) is 1.30. The maximum atomic E-state index is 11.6. The maximum absolute atomic E-state index is 11.6. The van der Waals surface area contributed by atoms with E-state index >= 15 is 0 Å². The van der Waals surface area contributed by atoms with Crippen LogP contribution >= 0.6 is 0 Å². The molecule has 94 valence electrons. The number of hydrogen-bond donors (Lipinski definition) is 0. The first-order chi connectivity index (χ1) is 7.54. The van der Waals surface area contributed by atoms with Gasteiger partial charge in [0.15, 0.2) is 0 Å². The van der Waals surface area contributed by atoms with E-state index in [0.29, 0.717) is 0 Å². The number of rotatable bonds is 5. The third kappa shape index (κ3) is 2.74. The Morgan fingerprint density at radius 2 is 2.12 bits per heavy atom. The summed E-state index contributed by atoms with van der Waals surface area (Å²) in [6.45, 7) is 6.96. The van der Waals surface area contributed by atoms with Crippen molar-refractivity contribution in [2.45, 2.75) is 32.2 Å². The van der Waals surface area contributed by atoms with Crippen LogP contribution in [-0.4, -0.2) is 50.3 Å². The quantitative estimate of drug-likeness (QED) is 0.526. The van der Waals surface area contributed by atoms with Gasteiger partial charge < -0.3 is 9.47 Å². The number of carbonyl (C=O) groups excluding carboxylic acids is 1. The SMILES string of the molecule is COCCCN1CCC(C(=O)OC)C1(C)C. The van der Waals surface area contributed by atoms with Gasteiger partial charge in [-0.2, -0.15) is 0 Å². The van der Waals surface area contributed by atoms with Crippen LogP contribution < -0.4 is 0 Å². The van der Waals surface area contributed by atoms with Crippen molar-refractivity contribution in [1.82, 2.24) is 4.90 Å². The summed E-state index contributed by atoms with van der Waals surface area (Å²) in [5.41, 5.74) is -0.0964. The highest BCUT2D eigenvalue weighted by Crippen LogP contribution is 2.35. The zero-order valence-corrected chi connectivity index (χ0v) is 10.8. The smallest absolute Gasteiger partial charge is 0.310 e. The second-order valence-corrected chi connectivity index (χ2v) is 4.85. The maximum Gasteiger partial charge on any atom is 0.310 e. The average Bonchev–Trinajstić information content (AvgIpc) is 2.54. The fourth-order valence-corrected chi connectivity index (χ4v) is 2.49. The lowest BCUT2D eigenvalue weighted by Crippen LogP contribution is -2.45. The van der Waals surface area contributed by atoms with E-state index in [-0.39, 0.29) is 17.4 Å². The second-order valence-electron chi connectivity index (χ2n) is 4.85. The Balaban J connectivity index is 2.54. The molecular formula is C12H23NO3. The Morgan fingerprint density at radius 1 is 1.44 bits per heavy atom. The molecule has 0 aromatic heterocycles. The summed E-state index contributed by atoms with van der Waals surface area (Å²) < 4.78 is 9.90. The van der Waals surface area contributed by atoms with E-state index in [1.54, 1.807) is 7.11 Å². The van der Waals surface area contributed by atoms with E-state index in [2.05, 4.69) is 18.7 Å². The second kappa shape index (κ2) is 5.64. The van der Waals surface area contributed by atoms with E-state index in [1.165, 1.54) is 7.11 Å². The van der Waals surface area contributed by atoms with Crippen molar-refractivity contribution in [1.29, 1.82) is 0 Å². The van der Waals surface area contributed by atoms with Crippen molar-refractivity contribution in [3.63, 3.8) is 0 Å². The molecular weight excluding hydrogens is 206 g/mol. The summed E-state index contributed by atoms with van der Waals surface area (Å²) >= 11 is 0. The lowest BCUT2D eigenvalue weighted by atomic mass is 9.88. The molecule has 0 aromatic carbocycles. The molecule has 1 aliphatic heterocycles. The molecule has 4 nitrogen and oxygen atoms in total. The van der Waals surface area contributed by atoms with E-state index in [4.69, 9.17) is 9.47 Å². The van der Waals surface area contributed by atoms with E-state index in [0.717, 1.165) is 32.5 Å². The van der Waals surface area contributed by atoms with Crippen LogP contribution in [0.1, 0.15) is 26.7 Å². The van der Waals surface area contributed by atoms with E-state index < -0.39 is 0 Å². The van der Waals surface area contributed by atoms with Gasteiger partial charge in [0.2, 0.25) is 0 Å². The van der Waals surface area contributed by atoms with Crippen LogP contribution in [0.3, 0.4) is 0 Å². The number of methoxy groups -OCH3 is 2. The summed E-state index contributed by atoms with van der Waals surface area (Å²) in [5.74, 6) is -0.0840. The van der Waals surface area contributed by atoms with Gasteiger partial charge in [0.1, 0.15) is 0 Å².